The maximum atomic E-state index is 5.36. The average Bonchev–Trinajstić information content (AvgIpc) is 2.19. The molecule has 0 aromatic rings. The van der Waals surface area contributed by atoms with E-state index in [2.05, 4.69) is 16.8 Å². The molecule has 0 amide bonds. The van der Waals surface area contributed by atoms with Gasteiger partial charge in [0.15, 0.2) is 0 Å². The fourth-order valence-electron chi connectivity index (χ4n) is 2.38. The van der Waals surface area contributed by atoms with Crippen LogP contribution in [0.4, 0.5) is 0 Å². The molecule has 2 rings (SSSR count). The zero-order valence-corrected chi connectivity index (χ0v) is 8.54. The zero-order valence-electron chi connectivity index (χ0n) is 8.54. The Labute approximate surface area is 80.6 Å². The lowest BCUT2D eigenvalue weighted by Crippen LogP contribution is -2.50. The second kappa shape index (κ2) is 4.40. The van der Waals surface area contributed by atoms with E-state index in [1.807, 2.05) is 0 Å². The first-order chi connectivity index (χ1) is 6.36. The predicted molar refractivity (Wildman–Crippen MR) is 52.9 cm³/mol. The Hall–Kier alpha value is -0.120. The third-order valence-corrected chi connectivity index (χ3v) is 3.16. The second-order valence-corrected chi connectivity index (χ2v) is 4.21. The van der Waals surface area contributed by atoms with Gasteiger partial charge in [0.1, 0.15) is 0 Å². The minimum Gasteiger partial charge on any atom is -0.379 e. The molecule has 0 aromatic carbocycles. The van der Waals surface area contributed by atoms with Crippen LogP contribution < -0.4 is 0 Å². The average molecular weight is 184 g/mol. The Morgan fingerprint density at radius 1 is 1.15 bits per heavy atom. The van der Waals surface area contributed by atoms with Gasteiger partial charge < -0.3 is 9.64 Å². The van der Waals surface area contributed by atoms with E-state index in [0.29, 0.717) is 0 Å². The Morgan fingerprint density at radius 2 is 1.92 bits per heavy atom. The third kappa shape index (κ3) is 2.42. The quantitative estimate of drug-likeness (QED) is 0.587. The summed E-state index contributed by atoms with van der Waals surface area (Å²) in [4.78, 5) is 5.04. The van der Waals surface area contributed by atoms with Gasteiger partial charge in [-0.1, -0.05) is 0 Å². The molecule has 2 fully saturated rings. The van der Waals surface area contributed by atoms with Crippen LogP contribution in [-0.2, 0) is 4.74 Å². The molecular formula is C10H20N2O. The van der Waals surface area contributed by atoms with Crippen LogP contribution >= 0.6 is 0 Å². The standard InChI is InChI=1S/C10H20N2O/c1-11-4-2-3-10(9-11)12-5-7-13-8-6-12/h10H,2-9H2,1H3/t10-/m1/s1. The van der Waals surface area contributed by atoms with Crippen LogP contribution in [0.15, 0.2) is 0 Å². The molecule has 2 saturated heterocycles. The van der Waals surface area contributed by atoms with Crippen LogP contribution in [0.1, 0.15) is 12.8 Å². The summed E-state index contributed by atoms with van der Waals surface area (Å²) in [7, 11) is 2.23. The lowest BCUT2D eigenvalue weighted by molar-refractivity contribution is 0.000429. The fourth-order valence-corrected chi connectivity index (χ4v) is 2.38. The number of nitrogens with zero attached hydrogens (tertiary/aromatic N) is 2. The summed E-state index contributed by atoms with van der Waals surface area (Å²) in [6.07, 6.45) is 2.74. The summed E-state index contributed by atoms with van der Waals surface area (Å²) in [5, 5.41) is 0. The Morgan fingerprint density at radius 3 is 2.62 bits per heavy atom. The lowest BCUT2D eigenvalue weighted by Gasteiger charge is -2.39. The maximum Gasteiger partial charge on any atom is 0.0594 e. The van der Waals surface area contributed by atoms with Gasteiger partial charge in [-0.3, -0.25) is 4.90 Å². The number of hydrogen-bond donors (Lipinski definition) is 0. The zero-order chi connectivity index (χ0) is 9.10. The lowest BCUT2D eigenvalue weighted by atomic mass is 10.0. The molecule has 0 N–H and O–H groups in total. The minimum atomic E-state index is 0.794. The van der Waals surface area contributed by atoms with Crippen molar-refractivity contribution in [2.45, 2.75) is 18.9 Å². The Bertz CT molecular complexity index is 157. The molecule has 3 nitrogen and oxygen atoms in total. The molecule has 0 spiro atoms. The van der Waals surface area contributed by atoms with E-state index in [0.717, 1.165) is 32.3 Å². The van der Waals surface area contributed by atoms with E-state index in [-0.39, 0.29) is 0 Å². The monoisotopic (exact) mass is 184 g/mol. The highest BCUT2D eigenvalue weighted by Gasteiger charge is 2.24. The predicted octanol–water partition coefficient (Wildman–Crippen LogP) is 0.413. The van der Waals surface area contributed by atoms with Gasteiger partial charge in [0.25, 0.3) is 0 Å². The highest BCUT2D eigenvalue weighted by molar-refractivity contribution is 4.80. The van der Waals surface area contributed by atoms with Crippen molar-refractivity contribution in [3.05, 3.63) is 0 Å². The fraction of sp³-hybridized carbons (Fsp3) is 1.00. The van der Waals surface area contributed by atoms with Crippen LogP contribution in [0.5, 0.6) is 0 Å². The first-order valence-corrected chi connectivity index (χ1v) is 5.36. The van der Waals surface area contributed by atoms with Crippen molar-refractivity contribution in [2.24, 2.45) is 0 Å². The molecule has 2 aliphatic heterocycles. The largest absolute Gasteiger partial charge is 0.379 e. The number of morpholine rings is 1. The van der Waals surface area contributed by atoms with Crippen LogP contribution in [0.3, 0.4) is 0 Å². The molecule has 2 aliphatic rings. The molecule has 3 heteroatoms. The number of likely N-dealkylation sites (tertiary alicyclic amines) is 1. The summed E-state index contributed by atoms with van der Waals surface area (Å²) in [6.45, 7) is 6.66. The normalized spacial score (nSPS) is 33.5. The number of likely N-dealkylation sites (N-methyl/N-ethyl adjacent to an activating group) is 1. The molecule has 0 saturated carbocycles. The van der Waals surface area contributed by atoms with Crippen molar-refractivity contribution in [3.8, 4) is 0 Å². The molecule has 0 aliphatic carbocycles. The van der Waals surface area contributed by atoms with E-state index in [9.17, 15) is 0 Å². The highest BCUT2D eigenvalue weighted by atomic mass is 16.5. The summed E-state index contributed by atoms with van der Waals surface area (Å²) in [5.74, 6) is 0. The van der Waals surface area contributed by atoms with Gasteiger partial charge >= 0.3 is 0 Å². The van der Waals surface area contributed by atoms with Crippen LogP contribution in [0.25, 0.3) is 0 Å². The molecule has 76 valence electrons. The van der Waals surface area contributed by atoms with Crippen molar-refractivity contribution in [3.63, 3.8) is 0 Å². The Kier molecular flexibility index (Phi) is 3.19. The topological polar surface area (TPSA) is 15.7 Å². The van der Waals surface area contributed by atoms with Crippen LogP contribution in [0, 0.1) is 0 Å². The summed E-state index contributed by atoms with van der Waals surface area (Å²) in [6, 6.07) is 0.794. The SMILES string of the molecule is CN1CCC[C@@H](N2CCOCC2)C1. The van der Waals surface area contributed by atoms with Crippen molar-refractivity contribution in [1.29, 1.82) is 0 Å². The van der Waals surface area contributed by atoms with Gasteiger partial charge in [-0.2, -0.15) is 0 Å². The van der Waals surface area contributed by atoms with E-state index < -0.39 is 0 Å². The van der Waals surface area contributed by atoms with Crippen LogP contribution in [0.2, 0.25) is 0 Å². The molecule has 13 heavy (non-hydrogen) atoms. The van der Waals surface area contributed by atoms with Gasteiger partial charge in [0.2, 0.25) is 0 Å². The third-order valence-electron chi connectivity index (χ3n) is 3.16. The number of hydrogen-bond acceptors (Lipinski definition) is 3. The van der Waals surface area contributed by atoms with Gasteiger partial charge in [0, 0.05) is 25.7 Å². The van der Waals surface area contributed by atoms with E-state index >= 15 is 0 Å². The van der Waals surface area contributed by atoms with Gasteiger partial charge in [-0.25, -0.2) is 0 Å². The minimum absolute atomic E-state index is 0.794. The first kappa shape index (κ1) is 9.44. The molecule has 0 bridgehead atoms. The van der Waals surface area contributed by atoms with Gasteiger partial charge in [-0.05, 0) is 26.4 Å². The second-order valence-electron chi connectivity index (χ2n) is 4.21. The van der Waals surface area contributed by atoms with E-state index in [1.54, 1.807) is 0 Å². The molecule has 0 unspecified atom stereocenters. The van der Waals surface area contributed by atoms with Crippen LogP contribution in [-0.4, -0.2) is 62.3 Å². The molecule has 2 heterocycles. The van der Waals surface area contributed by atoms with Crippen molar-refractivity contribution >= 4 is 0 Å². The van der Waals surface area contributed by atoms with Crippen molar-refractivity contribution in [2.75, 3.05) is 46.4 Å². The first-order valence-electron chi connectivity index (χ1n) is 5.36. The smallest absolute Gasteiger partial charge is 0.0594 e. The highest BCUT2D eigenvalue weighted by Crippen LogP contribution is 2.15. The molecular weight excluding hydrogens is 164 g/mol. The summed E-state index contributed by atoms with van der Waals surface area (Å²) >= 11 is 0. The van der Waals surface area contributed by atoms with Crippen molar-refractivity contribution in [1.82, 2.24) is 9.80 Å². The molecule has 0 radical (unpaired) electrons. The van der Waals surface area contributed by atoms with Gasteiger partial charge in [0.05, 0.1) is 13.2 Å². The van der Waals surface area contributed by atoms with E-state index in [1.165, 1.54) is 25.9 Å². The van der Waals surface area contributed by atoms with Crippen molar-refractivity contribution < 1.29 is 4.74 Å². The molecule has 1 atom stereocenters. The van der Waals surface area contributed by atoms with E-state index in [4.69, 9.17) is 4.74 Å². The number of rotatable bonds is 1. The number of ether oxygens (including phenoxy) is 1. The maximum absolute atomic E-state index is 5.36. The van der Waals surface area contributed by atoms with Gasteiger partial charge in [-0.15, -0.1) is 0 Å². The number of piperidine rings is 1. The summed E-state index contributed by atoms with van der Waals surface area (Å²) in [5.41, 5.74) is 0. The summed E-state index contributed by atoms with van der Waals surface area (Å²) < 4.78 is 5.36. The Balaban J connectivity index is 1.83. The molecule has 0 aromatic heterocycles.